The van der Waals surface area contributed by atoms with Crippen molar-refractivity contribution in [1.82, 2.24) is 19.5 Å². The zero-order valence-electron chi connectivity index (χ0n) is 15.4. The Morgan fingerprint density at radius 2 is 1.93 bits per heavy atom. The molecule has 4 heterocycles. The highest BCUT2D eigenvalue weighted by molar-refractivity contribution is 7.89. The molecule has 2 aliphatic heterocycles. The van der Waals surface area contributed by atoms with Gasteiger partial charge in [-0.05, 0) is 37.1 Å². The zero-order valence-corrected chi connectivity index (χ0v) is 16.2. The lowest BCUT2D eigenvalue weighted by atomic mass is 10.2. The van der Waals surface area contributed by atoms with Gasteiger partial charge in [0.1, 0.15) is 19.3 Å². The second-order valence-electron chi connectivity index (χ2n) is 6.77. The van der Waals surface area contributed by atoms with E-state index in [1.807, 2.05) is 6.07 Å². The van der Waals surface area contributed by atoms with Crippen molar-refractivity contribution >= 4 is 10.0 Å². The summed E-state index contributed by atoms with van der Waals surface area (Å²) >= 11 is 0. The van der Waals surface area contributed by atoms with Crippen LogP contribution in [-0.4, -0.2) is 47.7 Å². The molecular formula is C19H18N4O5S. The topological polar surface area (TPSA) is 108 Å². The van der Waals surface area contributed by atoms with Crippen LogP contribution in [-0.2, 0) is 10.0 Å². The smallest absolute Gasteiger partial charge is 0.249 e. The minimum atomic E-state index is -3.77. The van der Waals surface area contributed by atoms with Crippen molar-refractivity contribution < 1.29 is 22.3 Å². The number of benzene rings is 1. The summed E-state index contributed by atoms with van der Waals surface area (Å²) in [4.78, 5) is 4.19. The SMILES string of the molecule is O=S(=O)(c1ccc2c(c1)OCCO2)N1CCCC1c1nnc(-c2cccnc2)o1. The van der Waals surface area contributed by atoms with Crippen molar-refractivity contribution in [3.63, 3.8) is 0 Å². The van der Waals surface area contributed by atoms with Crippen LogP contribution < -0.4 is 9.47 Å². The first-order chi connectivity index (χ1) is 14.1. The van der Waals surface area contributed by atoms with Crippen molar-refractivity contribution in [1.29, 1.82) is 0 Å². The summed E-state index contributed by atoms with van der Waals surface area (Å²) in [6.07, 6.45) is 4.59. The molecule has 1 atom stereocenters. The molecule has 2 aliphatic rings. The Hall–Kier alpha value is -2.98. The number of fused-ring (bicyclic) bond motifs is 1. The van der Waals surface area contributed by atoms with Gasteiger partial charge in [0.25, 0.3) is 0 Å². The number of pyridine rings is 1. The Kier molecular flexibility index (Phi) is 4.44. The van der Waals surface area contributed by atoms with E-state index in [0.717, 1.165) is 0 Å². The fourth-order valence-corrected chi connectivity index (χ4v) is 5.24. The van der Waals surface area contributed by atoms with Gasteiger partial charge in [0, 0.05) is 25.0 Å². The lowest BCUT2D eigenvalue weighted by molar-refractivity contribution is 0.171. The van der Waals surface area contributed by atoms with Crippen LogP contribution in [0.3, 0.4) is 0 Å². The summed E-state index contributed by atoms with van der Waals surface area (Å²) < 4.78 is 44.8. The molecule has 2 aromatic heterocycles. The molecule has 10 heteroatoms. The number of aromatic nitrogens is 3. The maximum atomic E-state index is 13.3. The van der Waals surface area contributed by atoms with Crippen LogP contribution in [0.2, 0.25) is 0 Å². The molecule has 0 N–H and O–H groups in total. The number of rotatable bonds is 4. The first-order valence-electron chi connectivity index (χ1n) is 9.28. The lowest BCUT2D eigenvalue weighted by Crippen LogP contribution is -2.31. The zero-order chi connectivity index (χ0) is 19.8. The minimum Gasteiger partial charge on any atom is -0.486 e. The normalized spacial score (nSPS) is 19.4. The largest absolute Gasteiger partial charge is 0.486 e. The number of ether oxygens (including phenoxy) is 2. The molecule has 1 unspecified atom stereocenters. The Labute approximate surface area is 167 Å². The van der Waals surface area contributed by atoms with E-state index in [4.69, 9.17) is 13.9 Å². The summed E-state index contributed by atoms with van der Waals surface area (Å²) in [5.74, 6) is 1.58. The van der Waals surface area contributed by atoms with Gasteiger partial charge in [-0.15, -0.1) is 10.2 Å². The van der Waals surface area contributed by atoms with Gasteiger partial charge in [-0.2, -0.15) is 4.31 Å². The molecule has 9 nitrogen and oxygen atoms in total. The van der Waals surface area contributed by atoms with Gasteiger partial charge in [0.15, 0.2) is 11.5 Å². The third kappa shape index (κ3) is 3.23. The first-order valence-corrected chi connectivity index (χ1v) is 10.7. The second-order valence-corrected chi connectivity index (χ2v) is 8.66. The molecule has 0 aliphatic carbocycles. The molecule has 1 aromatic carbocycles. The van der Waals surface area contributed by atoms with E-state index in [9.17, 15) is 8.42 Å². The van der Waals surface area contributed by atoms with Crippen LogP contribution in [0.1, 0.15) is 24.8 Å². The minimum absolute atomic E-state index is 0.153. The van der Waals surface area contributed by atoms with Crippen molar-refractivity contribution in [2.75, 3.05) is 19.8 Å². The van der Waals surface area contributed by atoms with Crippen LogP contribution in [0.4, 0.5) is 0 Å². The fourth-order valence-electron chi connectivity index (χ4n) is 3.57. The number of nitrogens with zero attached hydrogens (tertiary/aromatic N) is 4. The fraction of sp³-hybridized carbons (Fsp3) is 0.316. The third-order valence-corrected chi connectivity index (χ3v) is 6.86. The van der Waals surface area contributed by atoms with Gasteiger partial charge >= 0.3 is 0 Å². The maximum Gasteiger partial charge on any atom is 0.249 e. The molecule has 150 valence electrons. The molecule has 0 bridgehead atoms. The summed E-state index contributed by atoms with van der Waals surface area (Å²) in [5, 5.41) is 8.17. The van der Waals surface area contributed by atoms with Gasteiger partial charge in [-0.1, -0.05) is 0 Å². The highest BCUT2D eigenvalue weighted by Crippen LogP contribution is 2.39. The quantitative estimate of drug-likeness (QED) is 0.641. The van der Waals surface area contributed by atoms with Gasteiger partial charge in [0.05, 0.1) is 10.5 Å². The standard InChI is InChI=1S/C19H18N4O5S/c24-29(25,14-5-6-16-17(11-14)27-10-9-26-16)23-8-2-4-15(23)19-22-21-18(28-19)13-3-1-7-20-12-13/h1,3,5-7,11-12,15H,2,4,8-10H2. The van der Waals surface area contributed by atoms with Gasteiger partial charge in [-0.3, -0.25) is 4.98 Å². The van der Waals surface area contributed by atoms with E-state index in [1.54, 1.807) is 24.5 Å². The number of hydrogen-bond donors (Lipinski definition) is 0. The maximum absolute atomic E-state index is 13.3. The summed E-state index contributed by atoms with van der Waals surface area (Å²) in [5.41, 5.74) is 0.686. The van der Waals surface area contributed by atoms with Crippen molar-refractivity contribution in [2.45, 2.75) is 23.8 Å². The average Bonchev–Trinajstić information content (AvgIpc) is 3.44. The predicted molar refractivity (Wildman–Crippen MR) is 101 cm³/mol. The summed E-state index contributed by atoms with van der Waals surface area (Å²) in [7, 11) is -3.77. The van der Waals surface area contributed by atoms with Crippen molar-refractivity contribution in [3.05, 3.63) is 48.6 Å². The Morgan fingerprint density at radius 3 is 2.76 bits per heavy atom. The Bertz CT molecular complexity index is 1130. The highest BCUT2D eigenvalue weighted by atomic mass is 32.2. The number of hydrogen-bond acceptors (Lipinski definition) is 8. The molecule has 0 spiro atoms. The van der Waals surface area contributed by atoms with Gasteiger partial charge in [-0.25, -0.2) is 8.42 Å². The van der Waals surface area contributed by atoms with Crippen LogP contribution in [0.15, 0.2) is 52.0 Å². The molecule has 0 saturated carbocycles. The van der Waals surface area contributed by atoms with Crippen LogP contribution in [0.25, 0.3) is 11.5 Å². The molecule has 0 radical (unpaired) electrons. The van der Waals surface area contributed by atoms with E-state index < -0.39 is 16.1 Å². The van der Waals surface area contributed by atoms with Gasteiger partial charge in [0.2, 0.25) is 21.8 Å². The highest BCUT2D eigenvalue weighted by Gasteiger charge is 2.39. The van der Waals surface area contributed by atoms with E-state index >= 15 is 0 Å². The molecular weight excluding hydrogens is 396 g/mol. The van der Waals surface area contributed by atoms with E-state index in [0.29, 0.717) is 55.6 Å². The number of sulfonamides is 1. The lowest BCUT2D eigenvalue weighted by Gasteiger charge is -2.23. The molecule has 3 aromatic rings. The predicted octanol–water partition coefficient (Wildman–Crippen LogP) is 2.43. The van der Waals surface area contributed by atoms with Crippen LogP contribution in [0, 0.1) is 0 Å². The Morgan fingerprint density at radius 1 is 1.07 bits per heavy atom. The summed E-state index contributed by atoms with van der Waals surface area (Å²) in [6.45, 7) is 1.22. The van der Waals surface area contributed by atoms with Crippen LogP contribution in [0.5, 0.6) is 11.5 Å². The second kappa shape index (κ2) is 7.12. The van der Waals surface area contributed by atoms with Gasteiger partial charge < -0.3 is 13.9 Å². The third-order valence-electron chi connectivity index (χ3n) is 4.96. The van der Waals surface area contributed by atoms with E-state index in [2.05, 4.69) is 15.2 Å². The molecule has 5 rings (SSSR count). The van der Waals surface area contributed by atoms with Crippen molar-refractivity contribution in [3.8, 4) is 23.0 Å². The molecule has 1 saturated heterocycles. The van der Waals surface area contributed by atoms with Crippen molar-refractivity contribution in [2.24, 2.45) is 0 Å². The first kappa shape index (κ1) is 18.1. The van der Waals surface area contributed by atoms with Crippen LogP contribution >= 0.6 is 0 Å². The van der Waals surface area contributed by atoms with E-state index in [-0.39, 0.29) is 10.8 Å². The average molecular weight is 414 g/mol. The van der Waals surface area contributed by atoms with E-state index in [1.165, 1.54) is 16.4 Å². The summed E-state index contributed by atoms with van der Waals surface area (Å²) in [6, 6.07) is 7.74. The Balaban J connectivity index is 1.45. The molecule has 1 fully saturated rings. The molecule has 29 heavy (non-hydrogen) atoms. The monoisotopic (exact) mass is 414 g/mol. The molecule has 0 amide bonds.